The van der Waals surface area contributed by atoms with Crippen LogP contribution in [0, 0.1) is 5.82 Å². The molecular weight excluding hydrogens is 199 g/mol. The Morgan fingerprint density at radius 1 is 1.50 bits per heavy atom. The van der Waals surface area contributed by atoms with Gasteiger partial charge in [0.05, 0.1) is 11.9 Å². The number of halogens is 3. The number of nitrogens with zero attached hydrogens (tertiary/aromatic N) is 1. The predicted molar refractivity (Wildman–Crippen MR) is 42.1 cm³/mol. The van der Waals surface area contributed by atoms with Gasteiger partial charge in [0.15, 0.2) is 5.82 Å². The highest BCUT2D eigenvalue weighted by atomic mass is 19.3. The lowest BCUT2D eigenvalue weighted by molar-refractivity contribution is 0.0977. The molecule has 0 fully saturated rings. The average molecular weight is 205 g/mol. The molecule has 0 aromatic carbocycles. The normalized spacial score (nSPS) is 10.6. The van der Waals surface area contributed by atoms with Crippen LogP contribution in [0.1, 0.15) is 22.5 Å². The maximum Gasteiger partial charge on any atom is 0.281 e. The molecule has 0 unspecified atom stereocenters. The van der Waals surface area contributed by atoms with Gasteiger partial charge in [-0.15, -0.1) is 0 Å². The number of pyridine rings is 1. The van der Waals surface area contributed by atoms with E-state index in [1.54, 1.807) is 0 Å². The SMILES string of the molecule is NC(=O)c1c(C(F)F)ncc(N)c1F. The summed E-state index contributed by atoms with van der Waals surface area (Å²) in [6.07, 6.45) is -2.36. The number of primary amides is 1. The third-order valence-corrected chi connectivity index (χ3v) is 1.52. The van der Waals surface area contributed by atoms with Gasteiger partial charge in [-0.2, -0.15) is 0 Å². The lowest BCUT2D eigenvalue weighted by Crippen LogP contribution is -2.18. The van der Waals surface area contributed by atoms with Gasteiger partial charge in [0, 0.05) is 0 Å². The minimum Gasteiger partial charge on any atom is -0.395 e. The number of rotatable bonds is 2. The quantitative estimate of drug-likeness (QED) is 0.750. The Morgan fingerprint density at radius 3 is 2.50 bits per heavy atom. The summed E-state index contributed by atoms with van der Waals surface area (Å²) in [6.45, 7) is 0. The number of anilines is 1. The molecule has 0 aliphatic rings. The van der Waals surface area contributed by atoms with E-state index in [-0.39, 0.29) is 0 Å². The van der Waals surface area contributed by atoms with E-state index in [4.69, 9.17) is 11.5 Å². The fourth-order valence-electron chi connectivity index (χ4n) is 0.917. The number of alkyl halides is 2. The molecule has 1 amide bonds. The van der Waals surface area contributed by atoms with Crippen LogP contribution in [0.3, 0.4) is 0 Å². The molecule has 0 aliphatic heterocycles. The first-order valence-electron chi connectivity index (χ1n) is 3.47. The van der Waals surface area contributed by atoms with E-state index >= 15 is 0 Å². The molecule has 0 bridgehead atoms. The Bertz CT molecular complexity index is 381. The van der Waals surface area contributed by atoms with E-state index in [0.29, 0.717) is 6.20 Å². The zero-order valence-electron chi connectivity index (χ0n) is 6.80. The van der Waals surface area contributed by atoms with Crippen molar-refractivity contribution in [3.05, 3.63) is 23.3 Å². The number of carbonyl (C=O) groups excluding carboxylic acids is 1. The molecule has 0 saturated carbocycles. The van der Waals surface area contributed by atoms with Crippen LogP contribution < -0.4 is 11.5 Å². The van der Waals surface area contributed by atoms with Gasteiger partial charge >= 0.3 is 0 Å². The highest BCUT2D eigenvalue weighted by Crippen LogP contribution is 2.24. The van der Waals surface area contributed by atoms with Crippen LogP contribution in [0.5, 0.6) is 0 Å². The second-order valence-corrected chi connectivity index (χ2v) is 2.45. The van der Waals surface area contributed by atoms with Crippen molar-refractivity contribution in [1.29, 1.82) is 0 Å². The summed E-state index contributed by atoms with van der Waals surface area (Å²) in [5, 5.41) is 0. The number of aromatic nitrogens is 1. The van der Waals surface area contributed by atoms with Crippen LogP contribution in [-0.4, -0.2) is 10.9 Å². The molecule has 76 valence electrons. The Hall–Kier alpha value is -1.79. The van der Waals surface area contributed by atoms with Crippen molar-refractivity contribution < 1.29 is 18.0 Å². The molecule has 1 aromatic heterocycles. The highest BCUT2D eigenvalue weighted by molar-refractivity contribution is 5.95. The van der Waals surface area contributed by atoms with Crippen molar-refractivity contribution in [3.8, 4) is 0 Å². The molecule has 0 atom stereocenters. The number of nitrogens with two attached hydrogens (primary N) is 2. The van der Waals surface area contributed by atoms with Gasteiger partial charge in [-0.05, 0) is 0 Å². The summed E-state index contributed by atoms with van der Waals surface area (Å²) in [5.74, 6) is -2.58. The van der Waals surface area contributed by atoms with Crippen molar-refractivity contribution >= 4 is 11.6 Å². The lowest BCUT2D eigenvalue weighted by Gasteiger charge is -2.06. The smallest absolute Gasteiger partial charge is 0.281 e. The number of carbonyl (C=O) groups is 1. The summed E-state index contributed by atoms with van der Waals surface area (Å²) in [4.78, 5) is 13.8. The fourth-order valence-corrected chi connectivity index (χ4v) is 0.917. The largest absolute Gasteiger partial charge is 0.395 e. The number of hydrogen-bond acceptors (Lipinski definition) is 3. The Labute approximate surface area is 76.7 Å². The van der Waals surface area contributed by atoms with E-state index in [9.17, 15) is 18.0 Å². The van der Waals surface area contributed by atoms with E-state index in [2.05, 4.69) is 4.98 Å². The Balaban J connectivity index is 3.45. The van der Waals surface area contributed by atoms with Crippen LogP contribution in [0.15, 0.2) is 6.20 Å². The zero-order chi connectivity index (χ0) is 10.9. The van der Waals surface area contributed by atoms with Crippen molar-refractivity contribution in [1.82, 2.24) is 4.98 Å². The number of hydrogen-bond donors (Lipinski definition) is 2. The van der Waals surface area contributed by atoms with Crippen LogP contribution in [0.2, 0.25) is 0 Å². The van der Waals surface area contributed by atoms with Crippen molar-refractivity contribution in [2.75, 3.05) is 5.73 Å². The minimum atomic E-state index is -3.08. The van der Waals surface area contributed by atoms with Gasteiger partial charge in [0.2, 0.25) is 0 Å². The van der Waals surface area contributed by atoms with Gasteiger partial charge in [-0.1, -0.05) is 0 Å². The standard InChI is InChI=1S/C7H6F3N3O/c8-4-2(11)1-13-5(6(9)10)3(4)7(12)14/h1,6H,11H2,(H2,12,14). The van der Waals surface area contributed by atoms with Crippen molar-refractivity contribution in [2.45, 2.75) is 6.43 Å². The molecule has 4 nitrogen and oxygen atoms in total. The van der Waals surface area contributed by atoms with Crippen LogP contribution >= 0.6 is 0 Å². The van der Waals surface area contributed by atoms with Gasteiger partial charge in [-0.3, -0.25) is 9.78 Å². The number of amides is 1. The van der Waals surface area contributed by atoms with Crippen LogP contribution in [-0.2, 0) is 0 Å². The monoisotopic (exact) mass is 205 g/mol. The first-order valence-corrected chi connectivity index (χ1v) is 3.47. The summed E-state index contributed by atoms with van der Waals surface area (Å²) in [6, 6.07) is 0. The first-order chi connectivity index (χ1) is 6.45. The van der Waals surface area contributed by atoms with Crippen molar-refractivity contribution in [2.24, 2.45) is 5.73 Å². The molecule has 14 heavy (non-hydrogen) atoms. The summed E-state index contributed by atoms with van der Waals surface area (Å²) >= 11 is 0. The molecule has 1 heterocycles. The Morgan fingerprint density at radius 2 is 2.07 bits per heavy atom. The molecule has 0 radical (unpaired) electrons. The first kappa shape index (κ1) is 10.3. The van der Waals surface area contributed by atoms with Crippen LogP contribution in [0.4, 0.5) is 18.9 Å². The van der Waals surface area contributed by atoms with E-state index in [1.165, 1.54) is 0 Å². The van der Waals surface area contributed by atoms with Crippen LogP contribution in [0.25, 0.3) is 0 Å². The van der Waals surface area contributed by atoms with Gasteiger partial charge in [-0.25, -0.2) is 13.2 Å². The second kappa shape index (κ2) is 3.52. The van der Waals surface area contributed by atoms with E-state index in [0.717, 1.165) is 0 Å². The fraction of sp³-hybridized carbons (Fsp3) is 0.143. The molecule has 0 aliphatic carbocycles. The van der Waals surface area contributed by atoms with Gasteiger partial charge in [0.25, 0.3) is 12.3 Å². The minimum absolute atomic E-state index is 0.497. The summed E-state index contributed by atoms with van der Waals surface area (Å²) in [7, 11) is 0. The summed E-state index contributed by atoms with van der Waals surface area (Å²) < 4.78 is 37.5. The third kappa shape index (κ3) is 1.61. The molecular formula is C7H6F3N3O. The molecule has 1 aromatic rings. The maximum absolute atomic E-state index is 13.1. The van der Waals surface area contributed by atoms with Gasteiger partial charge < -0.3 is 11.5 Å². The van der Waals surface area contributed by atoms with E-state index < -0.39 is 35.1 Å². The predicted octanol–water partition coefficient (Wildman–Crippen LogP) is 0.839. The molecule has 7 heteroatoms. The topological polar surface area (TPSA) is 82.0 Å². The molecule has 1 rings (SSSR count). The lowest BCUT2D eigenvalue weighted by atomic mass is 10.1. The maximum atomic E-state index is 13.1. The Kier molecular flexibility index (Phi) is 2.59. The molecule has 0 spiro atoms. The highest BCUT2D eigenvalue weighted by Gasteiger charge is 2.23. The summed E-state index contributed by atoms with van der Waals surface area (Å²) in [5.41, 5.74) is 7.30. The number of nitrogen functional groups attached to an aromatic ring is 1. The van der Waals surface area contributed by atoms with Gasteiger partial charge in [0.1, 0.15) is 11.3 Å². The third-order valence-electron chi connectivity index (χ3n) is 1.52. The zero-order valence-corrected chi connectivity index (χ0v) is 6.80. The van der Waals surface area contributed by atoms with Crippen molar-refractivity contribution in [3.63, 3.8) is 0 Å². The average Bonchev–Trinajstić information content (AvgIpc) is 2.08. The second-order valence-electron chi connectivity index (χ2n) is 2.45. The van der Waals surface area contributed by atoms with E-state index in [1.807, 2.05) is 0 Å². The molecule has 0 saturated heterocycles. The molecule has 4 N–H and O–H groups in total.